The molecule has 0 saturated carbocycles. The SMILES string of the molecule is CCCC(NO)C(CC)C(C)C.CCCC1COC(C)(C)C1.CCl. The van der Waals surface area contributed by atoms with Gasteiger partial charge in [-0.15, -0.1) is 11.6 Å². The normalized spacial score (nSPS) is 21.4. The molecule has 1 aliphatic rings. The topological polar surface area (TPSA) is 41.5 Å². The first-order chi connectivity index (χ1) is 11.3. The van der Waals surface area contributed by atoms with Crippen LogP contribution in [0.25, 0.3) is 0 Å². The maximum Gasteiger partial charge on any atom is 0.0630 e. The molecular formula is C20H44ClNO2. The monoisotopic (exact) mass is 365 g/mol. The molecule has 3 atom stereocenters. The molecule has 3 nitrogen and oxygen atoms in total. The van der Waals surface area contributed by atoms with Gasteiger partial charge in [-0.2, -0.15) is 0 Å². The number of ether oxygens (including phenoxy) is 1. The lowest BCUT2D eigenvalue weighted by Crippen LogP contribution is -2.36. The van der Waals surface area contributed by atoms with Crippen molar-refractivity contribution in [3.8, 4) is 0 Å². The van der Waals surface area contributed by atoms with Gasteiger partial charge in [0.1, 0.15) is 0 Å². The maximum atomic E-state index is 8.96. The maximum absolute atomic E-state index is 8.96. The van der Waals surface area contributed by atoms with Gasteiger partial charge in [0, 0.05) is 12.4 Å². The second-order valence-corrected chi connectivity index (χ2v) is 7.77. The zero-order chi connectivity index (χ0) is 19.2. The van der Waals surface area contributed by atoms with Crippen molar-refractivity contribution in [2.24, 2.45) is 17.8 Å². The van der Waals surface area contributed by atoms with Crippen LogP contribution in [0.3, 0.4) is 0 Å². The quantitative estimate of drug-likeness (QED) is 0.393. The molecule has 148 valence electrons. The van der Waals surface area contributed by atoms with Crippen LogP contribution in [-0.4, -0.2) is 29.8 Å². The summed E-state index contributed by atoms with van der Waals surface area (Å²) in [5.74, 6) is 2.07. The number of hydrogen-bond donors (Lipinski definition) is 2. The van der Waals surface area contributed by atoms with Crippen molar-refractivity contribution in [2.45, 2.75) is 98.6 Å². The highest BCUT2D eigenvalue weighted by Gasteiger charge is 2.30. The molecule has 24 heavy (non-hydrogen) atoms. The third-order valence-electron chi connectivity index (χ3n) is 4.80. The number of rotatable bonds is 8. The van der Waals surface area contributed by atoms with Crippen molar-refractivity contribution < 1.29 is 9.94 Å². The smallest absolute Gasteiger partial charge is 0.0630 e. The van der Waals surface area contributed by atoms with E-state index in [1.807, 2.05) is 0 Å². The van der Waals surface area contributed by atoms with Gasteiger partial charge in [-0.05, 0) is 50.9 Å². The van der Waals surface area contributed by atoms with E-state index in [0.29, 0.717) is 11.8 Å². The summed E-state index contributed by atoms with van der Waals surface area (Å²) in [5.41, 5.74) is 2.60. The van der Waals surface area contributed by atoms with Gasteiger partial charge in [-0.3, -0.25) is 0 Å². The summed E-state index contributed by atoms with van der Waals surface area (Å²) in [5, 5.41) is 8.96. The fourth-order valence-corrected chi connectivity index (χ4v) is 3.66. The molecule has 1 fully saturated rings. The minimum atomic E-state index is 0.167. The molecule has 0 aromatic carbocycles. The number of halogens is 1. The standard InChI is InChI=1S/C10H23NO.C9H18O.CH3Cl/c1-5-7-10(11-12)9(6-2)8(3)4;1-4-5-8-6-9(2,3)10-7-8;1-2/h8-12H,5-7H2,1-4H3;8H,4-7H2,1-3H3;1H3. The molecule has 1 aliphatic heterocycles. The van der Waals surface area contributed by atoms with E-state index in [4.69, 9.17) is 9.94 Å². The van der Waals surface area contributed by atoms with Gasteiger partial charge in [0.15, 0.2) is 0 Å². The Bertz CT molecular complexity index is 272. The van der Waals surface area contributed by atoms with Gasteiger partial charge in [-0.25, -0.2) is 5.48 Å². The number of alkyl halides is 1. The summed E-state index contributed by atoms with van der Waals surface area (Å²) in [4.78, 5) is 0. The molecule has 0 aromatic rings. The summed E-state index contributed by atoms with van der Waals surface area (Å²) < 4.78 is 5.61. The average Bonchev–Trinajstić information content (AvgIpc) is 2.88. The average molecular weight is 366 g/mol. The van der Waals surface area contributed by atoms with Crippen LogP contribution in [0, 0.1) is 17.8 Å². The molecule has 0 spiro atoms. The molecule has 1 heterocycles. The predicted molar refractivity (Wildman–Crippen MR) is 107 cm³/mol. The molecule has 4 heteroatoms. The molecular weight excluding hydrogens is 322 g/mol. The van der Waals surface area contributed by atoms with Gasteiger partial charge in [0.05, 0.1) is 12.2 Å². The Morgan fingerprint density at radius 1 is 1.17 bits per heavy atom. The molecule has 0 bridgehead atoms. The molecule has 1 saturated heterocycles. The lowest BCUT2D eigenvalue weighted by molar-refractivity contribution is 0.0348. The number of hydrogen-bond acceptors (Lipinski definition) is 3. The van der Waals surface area contributed by atoms with Crippen LogP contribution in [0.15, 0.2) is 0 Å². The van der Waals surface area contributed by atoms with Crippen molar-refractivity contribution >= 4 is 11.6 Å². The molecule has 0 radical (unpaired) electrons. The molecule has 0 amide bonds. The first-order valence-corrected chi connectivity index (χ1v) is 10.5. The Morgan fingerprint density at radius 2 is 1.75 bits per heavy atom. The first-order valence-electron chi connectivity index (χ1n) is 9.72. The summed E-state index contributed by atoms with van der Waals surface area (Å²) in [6.07, 6.45) is 8.68. The second-order valence-electron chi connectivity index (χ2n) is 7.77. The second kappa shape index (κ2) is 15.4. The largest absolute Gasteiger partial charge is 0.375 e. The van der Waals surface area contributed by atoms with Crippen molar-refractivity contribution in [3.63, 3.8) is 0 Å². The van der Waals surface area contributed by atoms with E-state index in [1.165, 1.54) is 25.6 Å². The van der Waals surface area contributed by atoms with Crippen molar-refractivity contribution in [2.75, 3.05) is 13.0 Å². The minimum absolute atomic E-state index is 0.167. The summed E-state index contributed by atoms with van der Waals surface area (Å²) in [7, 11) is 0. The molecule has 0 aromatic heterocycles. The lowest BCUT2D eigenvalue weighted by atomic mass is 9.84. The van der Waals surface area contributed by atoms with E-state index in [0.717, 1.165) is 31.8 Å². The highest BCUT2D eigenvalue weighted by Crippen LogP contribution is 2.31. The Kier molecular flexibility index (Phi) is 17.0. The lowest BCUT2D eigenvalue weighted by Gasteiger charge is -2.27. The number of nitrogens with one attached hydrogen (secondary N) is 1. The van der Waals surface area contributed by atoms with Crippen molar-refractivity contribution in [3.05, 3.63) is 0 Å². The number of hydroxylamine groups is 1. The van der Waals surface area contributed by atoms with Crippen LogP contribution < -0.4 is 5.48 Å². The third-order valence-corrected chi connectivity index (χ3v) is 4.80. The van der Waals surface area contributed by atoms with E-state index in [1.54, 1.807) is 0 Å². The van der Waals surface area contributed by atoms with Gasteiger partial charge in [-0.1, -0.05) is 53.9 Å². The molecule has 2 N–H and O–H groups in total. The van der Waals surface area contributed by atoms with E-state index in [2.05, 4.69) is 65.5 Å². The van der Waals surface area contributed by atoms with E-state index in [-0.39, 0.29) is 11.6 Å². The van der Waals surface area contributed by atoms with Crippen LogP contribution in [0.5, 0.6) is 0 Å². The van der Waals surface area contributed by atoms with Gasteiger partial charge in [0.25, 0.3) is 0 Å². The van der Waals surface area contributed by atoms with Crippen LogP contribution in [-0.2, 0) is 4.74 Å². The molecule has 0 aliphatic carbocycles. The molecule has 1 rings (SSSR count). The summed E-state index contributed by atoms with van der Waals surface area (Å²) >= 11 is 4.64. The summed E-state index contributed by atoms with van der Waals surface area (Å²) in [6, 6.07) is 0.278. The Labute approximate surface area is 156 Å². The minimum Gasteiger partial charge on any atom is -0.375 e. The summed E-state index contributed by atoms with van der Waals surface area (Å²) in [6.45, 7) is 16.4. The van der Waals surface area contributed by atoms with E-state index >= 15 is 0 Å². The highest BCUT2D eigenvalue weighted by atomic mass is 35.5. The van der Waals surface area contributed by atoms with E-state index in [9.17, 15) is 0 Å². The van der Waals surface area contributed by atoms with Crippen molar-refractivity contribution in [1.82, 2.24) is 5.48 Å². The van der Waals surface area contributed by atoms with Crippen LogP contribution in [0.1, 0.15) is 87.0 Å². The van der Waals surface area contributed by atoms with Crippen LogP contribution in [0.2, 0.25) is 0 Å². The Hall–Kier alpha value is 0.170. The Balaban J connectivity index is 0. The first kappa shape index (κ1) is 26.4. The fraction of sp³-hybridized carbons (Fsp3) is 1.00. The van der Waals surface area contributed by atoms with Crippen LogP contribution in [0.4, 0.5) is 0 Å². The Morgan fingerprint density at radius 3 is 2.04 bits per heavy atom. The van der Waals surface area contributed by atoms with Crippen molar-refractivity contribution in [1.29, 1.82) is 0 Å². The van der Waals surface area contributed by atoms with Gasteiger partial charge < -0.3 is 9.94 Å². The zero-order valence-corrected chi connectivity index (χ0v) is 18.2. The van der Waals surface area contributed by atoms with Gasteiger partial charge in [0.2, 0.25) is 0 Å². The fourth-order valence-electron chi connectivity index (χ4n) is 3.66. The van der Waals surface area contributed by atoms with E-state index < -0.39 is 0 Å². The zero-order valence-electron chi connectivity index (χ0n) is 17.5. The third kappa shape index (κ3) is 11.7. The molecule has 3 unspecified atom stereocenters. The van der Waals surface area contributed by atoms with Crippen LogP contribution >= 0.6 is 11.6 Å². The highest BCUT2D eigenvalue weighted by molar-refractivity contribution is 6.15. The predicted octanol–water partition coefficient (Wildman–Crippen LogP) is 6.27. The van der Waals surface area contributed by atoms with Gasteiger partial charge >= 0.3 is 0 Å².